The number of aryl methyl sites for hydroxylation is 1. The topological polar surface area (TPSA) is 37.8 Å². The molecule has 1 aromatic rings. The van der Waals surface area contributed by atoms with Crippen molar-refractivity contribution in [2.75, 3.05) is 7.05 Å². The van der Waals surface area contributed by atoms with Crippen molar-refractivity contribution in [3.8, 4) is 0 Å². The van der Waals surface area contributed by atoms with Gasteiger partial charge in [-0.3, -0.25) is 0 Å². The molecular formula is C11H19N3. The van der Waals surface area contributed by atoms with E-state index in [9.17, 15) is 0 Å². The fourth-order valence-corrected chi connectivity index (χ4v) is 1.52. The van der Waals surface area contributed by atoms with Crippen LogP contribution in [-0.2, 0) is 0 Å². The van der Waals surface area contributed by atoms with Crippen LogP contribution in [0.4, 0.5) is 0 Å². The molecule has 1 rings (SSSR count). The van der Waals surface area contributed by atoms with Crippen LogP contribution in [0.2, 0.25) is 0 Å². The molecule has 14 heavy (non-hydrogen) atoms. The quantitative estimate of drug-likeness (QED) is 0.779. The molecular weight excluding hydrogens is 174 g/mol. The van der Waals surface area contributed by atoms with Crippen LogP contribution in [0.3, 0.4) is 0 Å². The molecule has 3 heteroatoms. The van der Waals surface area contributed by atoms with Crippen LogP contribution in [0.15, 0.2) is 12.3 Å². The van der Waals surface area contributed by atoms with E-state index in [2.05, 4.69) is 22.2 Å². The normalized spacial score (nSPS) is 12.8. The van der Waals surface area contributed by atoms with Crippen molar-refractivity contribution in [2.24, 2.45) is 0 Å². The summed E-state index contributed by atoms with van der Waals surface area (Å²) in [4.78, 5) is 8.52. The Labute approximate surface area is 86.0 Å². The van der Waals surface area contributed by atoms with Gasteiger partial charge in [0.2, 0.25) is 0 Å². The van der Waals surface area contributed by atoms with Gasteiger partial charge in [0, 0.05) is 12.2 Å². The molecule has 1 N–H and O–H groups in total. The number of nitrogens with zero attached hydrogens (tertiary/aromatic N) is 2. The second-order valence-corrected chi connectivity index (χ2v) is 3.51. The smallest absolute Gasteiger partial charge is 0.125 e. The third kappa shape index (κ3) is 3.07. The fraction of sp³-hybridized carbons (Fsp3) is 0.636. The van der Waals surface area contributed by atoms with E-state index in [4.69, 9.17) is 0 Å². The maximum Gasteiger partial charge on any atom is 0.125 e. The zero-order valence-corrected chi connectivity index (χ0v) is 9.25. The number of rotatable bonds is 5. The number of hydrogen-bond donors (Lipinski definition) is 1. The molecule has 1 aromatic heterocycles. The second-order valence-electron chi connectivity index (χ2n) is 3.51. The minimum Gasteiger partial charge on any atom is -0.312 e. The maximum atomic E-state index is 4.42. The molecule has 0 saturated heterocycles. The highest BCUT2D eigenvalue weighted by Crippen LogP contribution is 2.16. The van der Waals surface area contributed by atoms with Gasteiger partial charge in [0.1, 0.15) is 5.82 Å². The summed E-state index contributed by atoms with van der Waals surface area (Å²) >= 11 is 0. The highest BCUT2D eigenvalue weighted by Gasteiger charge is 2.09. The Bertz CT molecular complexity index is 273. The molecule has 78 valence electrons. The third-order valence-corrected chi connectivity index (χ3v) is 2.35. The average molecular weight is 193 g/mol. The maximum absolute atomic E-state index is 4.42. The lowest BCUT2D eigenvalue weighted by Crippen LogP contribution is -2.18. The van der Waals surface area contributed by atoms with Crippen LogP contribution < -0.4 is 5.32 Å². The fourth-order valence-electron chi connectivity index (χ4n) is 1.52. The van der Waals surface area contributed by atoms with Crippen molar-refractivity contribution in [2.45, 2.75) is 39.2 Å². The van der Waals surface area contributed by atoms with Gasteiger partial charge in [-0.15, -0.1) is 0 Å². The average Bonchev–Trinajstić information content (AvgIpc) is 2.19. The van der Waals surface area contributed by atoms with E-state index in [1.54, 1.807) is 0 Å². The van der Waals surface area contributed by atoms with Crippen LogP contribution >= 0.6 is 0 Å². The molecule has 0 aliphatic heterocycles. The van der Waals surface area contributed by atoms with Gasteiger partial charge in [0.25, 0.3) is 0 Å². The number of unbranched alkanes of at least 4 members (excludes halogenated alkanes) is 1. The lowest BCUT2D eigenvalue weighted by atomic mass is 10.1. The first-order valence-electron chi connectivity index (χ1n) is 5.24. The molecule has 1 unspecified atom stereocenters. The zero-order chi connectivity index (χ0) is 10.4. The molecule has 3 nitrogen and oxygen atoms in total. The molecule has 0 aliphatic carbocycles. The van der Waals surface area contributed by atoms with Gasteiger partial charge < -0.3 is 5.32 Å². The Kier molecular flexibility index (Phi) is 4.53. The monoisotopic (exact) mass is 193 g/mol. The molecule has 0 aliphatic rings. The van der Waals surface area contributed by atoms with Gasteiger partial charge in [0.05, 0.1) is 5.69 Å². The molecule has 0 aromatic carbocycles. The van der Waals surface area contributed by atoms with Crippen LogP contribution in [-0.4, -0.2) is 17.0 Å². The van der Waals surface area contributed by atoms with E-state index in [1.807, 2.05) is 26.2 Å². The van der Waals surface area contributed by atoms with Crippen molar-refractivity contribution < 1.29 is 0 Å². The first-order valence-corrected chi connectivity index (χ1v) is 5.24. The summed E-state index contributed by atoms with van der Waals surface area (Å²) in [5.41, 5.74) is 1.11. The number of aromatic nitrogens is 2. The van der Waals surface area contributed by atoms with E-state index in [-0.39, 0.29) is 0 Å². The van der Waals surface area contributed by atoms with Crippen molar-refractivity contribution in [1.29, 1.82) is 0 Å². The molecule has 1 heterocycles. The third-order valence-electron chi connectivity index (χ3n) is 2.35. The first-order chi connectivity index (χ1) is 6.77. The highest BCUT2D eigenvalue weighted by molar-refractivity contribution is 5.06. The second kappa shape index (κ2) is 5.70. The van der Waals surface area contributed by atoms with Gasteiger partial charge in [-0.1, -0.05) is 19.8 Å². The van der Waals surface area contributed by atoms with Crippen LogP contribution in [0.5, 0.6) is 0 Å². The Hall–Kier alpha value is -0.960. The van der Waals surface area contributed by atoms with E-state index < -0.39 is 0 Å². The lowest BCUT2D eigenvalue weighted by Gasteiger charge is -2.14. The van der Waals surface area contributed by atoms with E-state index in [1.165, 1.54) is 12.8 Å². The molecule has 0 bridgehead atoms. The molecule has 0 spiro atoms. The zero-order valence-electron chi connectivity index (χ0n) is 9.25. The molecule has 0 amide bonds. The predicted octanol–water partition coefficient (Wildman–Crippen LogP) is 2.24. The van der Waals surface area contributed by atoms with Gasteiger partial charge in [-0.2, -0.15) is 0 Å². The van der Waals surface area contributed by atoms with Gasteiger partial charge in [-0.05, 0) is 26.5 Å². The van der Waals surface area contributed by atoms with Crippen molar-refractivity contribution in [1.82, 2.24) is 15.3 Å². The van der Waals surface area contributed by atoms with Crippen molar-refractivity contribution >= 4 is 0 Å². The van der Waals surface area contributed by atoms with Crippen LogP contribution in [0.1, 0.15) is 43.7 Å². The Morgan fingerprint density at radius 1 is 1.50 bits per heavy atom. The minimum absolute atomic E-state index is 0.372. The first kappa shape index (κ1) is 11.1. The van der Waals surface area contributed by atoms with Gasteiger partial charge in [-0.25, -0.2) is 9.97 Å². The standard InChI is InChI=1S/C11H19N3/c1-4-5-6-10(12-3)11-7-8-13-9(2)14-11/h7-8,10,12H,4-6H2,1-3H3. The van der Waals surface area contributed by atoms with Crippen molar-refractivity contribution in [3.63, 3.8) is 0 Å². The summed E-state index contributed by atoms with van der Waals surface area (Å²) in [5, 5.41) is 3.29. The van der Waals surface area contributed by atoms with E-state index in [0.717, 1.165) is 17.9 Å². The largest absolute Gasteiger partial charge is 0.312 e. The van der Waals surface area contributed by atoms with Crippen LogP contribution in [0.25, 0.3) is 0 Å². The Balaban J connectivity index is 2.68. The summed E-state index contributed by atoms with van der Waals surface area (Å²) < 4.78 is 0. The van der Waals surface area contributed by atoms with Gasteiger partial charge in [0.15, 0.2) is 0 Å². The lowest BCUT2D eigenvalue weighted by molar-refractivity contribution is 0.509. The van der Waals surface area contributed by atoms with E-state index in [0.29, 0.717) is 6.04 Å². The summed E-state index contributed by atoms with van der Waals surface area (Å²) in [5.74, 6) is 0.847. The predicted molar refractivity (Wildman–Crippen MR) is 58.1 cm³/mol. The summed E-state index contributed by atoms with van der Waals surface area (Å²) in [7, 11) is 1.98. The summed E-state index contributed by atoms with van der Waals surface area (Å²) in [6.07, 6.45) is 5.42. The Morgan fingerprint density at radius 2 is 2.29 bits per heavy atom. The highest BCUT2D eigenvalue weighted by atomic mass is 14.9. The summed E-state index contributed by atoms with van der Waals surface area (Å²) in [6.45, 7) is 4.13. The van der Waals surface area contributed by atoms with Crippen molar-refractivity contribution in [3.05, 3.63) is 23.8 Å². The minimum atomic E-state index is 0.372. The number of hydrogen-bond acceptors (Lipinski definition) is 3. The molecule has 0 saturated carbocycles. The van der Waals surface area contributed by atoms with Crippen LogP contribution in [0, 0.1) is 6.92 Å². The van der Waals surface area contributed by atoms with Gasteiger partial charge >= 0.3 is 0 Å². The molecule has 0 fully saturated rings. The molecule has 1 atom stereocenters. The summed E-state index contributed by atoms with van der Waals surface area (Å²) in [6, 6.07) is 2.36. The Morgan fingerprint density at radius 3 is 2.86 bits per heavy atom. The number of nitrogens with one attached hydrogen (secondary N) is 1. The van der Waals surface area contributed by atoms with E-state index >= 15 is 0 Å². The molecule has 0 radical (unpaired) electrons. The SMILES string of the molecule is CCCCC(NC)c1ccnc(C)n1.